The molecule has 2 aliphatic rings. The standard InChI is InChI=1S/C24H25F2N5O5S2/c1-13-17(21-16-3-2-6-29-22(16)24(25,26)11-35-21)8-19(37-13)20(32)18-9-28-12-30-23(18)31-15-5-4-14(7-15)10-36-38(27,33)34/h2-3,6,8-9,12,14-15,21H,4-5,7,10-11H2,1H3,(H2,27,33,34)(H,28,30,31)/t14-,15+,21?/m1/s1. The first-order valence-electron chi connectivity index (χ1n) is 11.9. The quantitative estimate of drug-likeness (QED) is 0.392. The summed E-state index contributed by atoms with van der Waals surface area (Å²) in [6.45, 7) is 1.01. The average molecular weight is 566 g/mol. The number of ether oxygens (including phenoxy) is 1. The second-order valence-corrected chi connectivity index (χ2v) is 11.8. The van der Waals surface area contributed by atoms with Crippen LogP contribution in [0.4, 0.5) is 14.6 Å². The first-order chi connectivity index (χ1) is 18.0. The van der Waals surface area contributed by atoms with Gasteiger partial charge in [-0.25, -0.2) is 15.1 Å². The minimum atomic E-state index is -4.00. The van der Waals surface area contributed by atoms with Crippen LogP contribution in [0.3, 0.4) is 0 Å². The summed E-state index contributed by atoms with van der Waals surface area (Å²) in [5, 5.41) is 8.19. The van der Waals surface area contributed by atoms with Gasteiger partial charge in [0.25, 0.3) is 0 Å². The van der Waals surface area contributed by atoms with Crippen LogP contribution in [-0.4, -0.2) is 48.4 Å². The molecule has 14 heteroatoms. The summed E-state index contributed by atoms with van der Waals surface area (Å²) in [6.07, 6.45) is 5.40. The van der Waals surface area contributed by atoms with Crippen molar-refractivity contribution in [1.82, 2.24) is 15.0 Å². The van der Waals surface area contributed by atoms with Crippen LogP contribution in [0.15, 0.2) is 36.9 Å². The van der Waals surface area contributed by atoms with Crippen LogP contribution in [0.1, 0.15) is 62.3 Å². The van der Waals surface area contributed by atoms with Crippen molar-refractivity contribution in [3.8, 4) is 0 Å². The van der Waals surface area contributed by atoms with E-state index in [4.69, 9.17) is 14.1 Å². The highest BCUT2D eigenvalue weighted by Gasteiger charge is 2.44. The number of anilines is 1. The summed E-state index contributed by atoms with van der Waals surface area (Å²) in [4.78, 5) is 26.9. The first kappa shape index (κ1) is 26.7. The molecular weight excluding hydrogens is 540 g/mol. The fourth-order valence-corrected chi connectivity index (χ4v) is 6.28. The third kappa shape index (κ3) is 5.59. The van der Waals surface area contributed by atoms with Gasteiger partial charge in [-0.3, -0.25) is 14.0 Å². The van der Waals surface area contributed by atoms with Gasteiger partial charge >= 0.3 is 16.2 Å². The van der Waals surface area contributed by atoms with Gasteiger partial charge in [0, 0.05) is 28.9 Å². The van der Waals surface area contributed by atoms with Crippen molar-refractivity contribution in [3.05, 3.63) is 69.1 Å². The number of hydrogen-bond acceptors (Lipinski definition) is 10. The molecule has 0 amide bonds. The van der Waals surface area contributed by atoms with Crippen molar-refractivity contribution < 1.29 is 30.9 Å². The van der Waals surface area contributed by atoms with Gasteiger partial charge < -0.3 is 10.1 Å². The van der Waals surface area contributed by atoms with Gasteiger partial charge in [0.1, 0.15) is 30.5 Å². The molecule has 0 aromatic carbocycles. The topological polar surface area (TPSA) is 146 Å². The molecule has 1 saturated carbocycles. The lowest BCUT2D eigenvalue weighted by Gasteiger charge is -2.30. The van der Waals surface area contributed by atoms with Gasteiger partial charge in [-0.1, -0.05) is 6.07 Å². The number of pyridine rings is 1. The Balaban J connectivity index is 1.35. The van der Waals surface area contributed by atoms with Crippen LogP contribution in [0.25, 0.3) is 0 Å². The Morgan fingerprint density at radius 3 is 2.92 bits per heavy atom. The minimum absolute atomic E-state index is 0.00234. The molecule has 3 aromatic rings. The molecule has 10 nitrogen and oxygen atoms in total. The number of nitrogens with zero attached hydrogens (tertiary/aromatic N) is 3. The summed E-state index contributed by atoms with van der Waals surface area (Å²) in [6, 6.07) is 4.76. The van der Waals surface area contributed by atoms with Gasteiger partial charge in [-0.2, -0.15) is 17.2 Å². The van der Waals surface area contributed by atoms with Crippen LogP contribution in [0.5, 0.6) is 0 Å². The molecule has 3 N–H and O–H groups in total. The largest absolute Gasteiger partial charge is 0.367 e. The lowest BCUT2D eigenvalue weighted by atomic mass is 9.95. The number of aromatic nitrogens is 3. The van der Waals surface area contributed by atoms with Crippen molar-refractivity contribution in [2.75, 3.05) is 18.5 Å². The summed E-state index contributed by atoms with van der Waals surface area (Å²) in [5.74, 6) is -3.15. The highest BCUT2D eigenvalue weighted by atomic mass is 32.2. The van der Waals surface area contributed by atoms with Crippen LogP contribution >= 0.6 is 11.3 Å². The lowest BCUT2D eigenvalue weighted by Crippen LogP contribution is -2.32. The Labute approximate surface area is 221 Å². The van der Waals surface area contributed by atoms with E-state index in [0.717, 1.165) is 17.7 Å². The molecule has 4 heterocycles. The maximum atomic E-state index is 14.4. The third-order valence-corrected chi connectivity index (χ3v) is 8.20. The van der Waals surface area contributed by atoms with Crippen LogP contribution in [0.2, 0.25) is 0 Å². The Hall–Kier alpha value is -2.91. The number of carbonyl (C=O) groups excluding carboxylic acids is 1. The van der Waals surface area contributed by atoms with E-state index < -0.39 is 28.9 Å². The van der Waals surface area contributed by atoms with Crippen LogP contribution in [0, 0.1) is 12.8 Å². The zero-order valence-corrected chi connectivity index (χ0v) is 21.9. The zero-order valence-electron chi connectivity index (χ0n) is 20.3. The number of fused-ring (bicyclic) bond motifs is 1. The Kier molecular flexibility index (Phi) is 7.26. The number of nitrogens with two attached hydrogens (primary N) is 1. The zero-order chi connectivity index (χ0) is 27.1. The second-order valence-electron chi connectivity index (χ2n) is 9.37. The number of alkyl halides is 2. The smallest absolute Gasteiger partial charge is 0.333 e. The van der Waals surface area contributed by atoms with Gasteiger partial charge in [0.05, 0.1) is 17.0 Å². The molecule has 1 aliphatic heterocycles. The van der Waals surface area contributed by atoms with E-state index in [1.165, 1.54) is 30.1 Å². The number of hydrogen-bond donors (Lipinski definition) is 2. The van der Waals surface area contributed by atoms with Crippen LogP contribution < -0.4 is 10.5 Å². The molecule has 1 unspecified atom stereocenters. The molecule has 202 valence electrons. The molecule has 3 aromatic heterocycles. The Morgan fingerprint density at radius 2 is 2.13 bits per heavy atom. The molecule has 0 bridgehead atoms. The summed E-state index contributed by atoms with van der Waals surface area (Å²) in [7, 11) is -4.00. The van der Waals surface area contributed by atoms with E-state index in [9.17, 15) is 22.0 Å². The van der Waals surface area contributed by atoms with Crippen molar-refractivity contribution in [3.63, 3.8) is 0 Å². The molecule has 0 radical (unpaired) electrons. The lowest BCUT2D eigenvalue weighted by molar-refractivity contribution is -0.119. The minimum Gasteiger partial charge on any atom is -0.367 e. The van der Waals surface area contributed by atoms with Crippen molar-refractivity contribution in [2.45, 2.75) is 44.3 Å². The third-order valence-electron chi connectivity index (χ3n) is 6.67. The number of thiophene rings is 1. The summed E-state index contributed by atoms with van der Waals surface area (Å²) < 4.78 is 61.2. The second kappa shape index (κ2) is 10.3. The number of aryl methyl sites for hydroxylation is 1. The maximum absolute atomic E-state index is 14.4. The molecule has 1 aliphatic carbocycles. The molecule has 5 rings (SSSR count). The summed E-state index contributed by atoms with van der Waals surface area (Å²) >= 11 is 1.24. The van der Waals surface area contributed by atoms with Gasteiger partial charge in [0.15, 0.2) is 0 Å². The van der Waals surface area contributed by atoms with E-state index >= 15 is 0 Å². The fraction of sp³-hybridized carbons (Fsp3) is 0.417. The first-order valence-corrected chi connectivity index (χ1v) is 14.1. The number of carbonyl (C=O) groups is 1. The van der Waals surface area contributed by atoms with E-state index in [2.05, 4.69) is 20.3 Å². The van der Waals surface area contributed by atoms with E-state index in [1.54, 1.807) is 18.2 Å². The summed E-state index contributed by atoms with van der Waals surface area (Å²) in [5.41, 5.74) is 0.851. The van der Waals surface area contributed by atoms with Crippen molar-refractivity contribution in [2.24, 2.45) is 11.1 Å². The van der Waals surface area contributed by atoms with Gasteiger partial charge in [0.2, 0.25) is 5.78 Å². The molecule has 0 saturated heterocycles. The van der Waals surface area contributed by atoms with E-state index in [-0.39, 0.29) is 41.2 Å². The maximum Gasteiger partial charge on any atom is 0.333 e. The van der Waals surface area contributed by atoms with Crippen molar-refractivity contribution in [1.29, 1.82) is 0 Å². The Bertz CT molecular complexity index is 1470. The predicted molar refractivity (Wildman–Crippen MR) is 134 cm³/mol. The number of nitrogens with one attached hydrogen (secondary N) is 1. The number of halogens is 2. The molecule has 38 heavy (non-hydrogen) atoms. The highest BCUT2D eigenvalue weighted by Crippen LogP contribution is 2.44. The monoisotopic (exact) mass is 565 g/mol. The van der Waals surface area contributed by atoms with Crippen molar-refractivity contribution >= 4 is 33.2 Å². The number of rotatable bonds is 8. The molecule has 1 fully saturated rings. The molecular formula is C24H25F2N5O5S2. The fourth-order valence-electron chi connectivity index (χ4n) is 4.89. The van der Waals surface area contributed by atoms with E-state index in [0.29, 0.717) is 22.7 Å². The van der Waals surface area contributed by atoms with Gasteiger partial charge in [-0.05, 0) is 49.8 Å². The average Bonchev–Trinajstić information content (AvgIpc) is 3.49. The number of ketones is 1. The molecule has 3 atom stereocenters. The predicted octanol–water partition coefficient (Wildman–Crippen LogP) is 3.48. The molecule has 0 spiro atoms. The van der Waals surface area contributed by atoms with E-state index in [1.807, 2.05) is 6.92 Å². The Morgan fingerprint density at radius 1 is 1.32 bits per heavy atom. The SMILES string of the molecule is Cc1sc(C(=O)c2cncnc2N[C@H]2CC[C@@H](COS(N)(=O)=O)C2)cc1C1OCC(F)(F)c2ncccc21. The highest BCUT2D eigenvalue weighted by molar-refractivity contribution is 7.84. The normalized spacial score (nSPS) is 22.7. The van der Waals surface area contributed by atoms with Gasteiger partial charge in [-0.15, -0.1) is 11.3 Å². The van der Waals surface area contributed by atoms with Crippen LogP contribution in [-0.2, 0) is 25.1 Å².